The Labute approximate surface area is 297 Å². The SMILES string of the molecule is CCc1cccc(CC)c1-n1nc2c(c1-c1c(F)cc(N[C@@H](Cc3ccccc3)C(=O)OC)c3[nH]ccc13)CN(c1ncc(C(F)(F)F)cn1)CC2. The topological polar surface area (TPSA) is 101 Å². The molecule has 1 aliphatic heterocycles. The molecule has 1 atom stereocenters. The zero-order valence-corrected chi connectivity index (χ0v) is 28.9. The molecule has 0 saturated heterocycles. The third-order valence-corrected chi connectivity index (χ3v) is 9.59. The Morgan fingerprint density at radius 2 is 1.73 bits per heavy atom. The van der Waals surface area contributed by atoms with Crippen LogP contribution in [-0.4, -0.2) is 50.4 Å². The van der Waals surface area contributed by atoms with Gasteiger partial charge in [-0.25, -0.2) is 23.8 Å². The molecule has 0 fully saturated rings. The van der Waals surface area contributed by atoms with Gasteiger partial charge in [0, 0.05) is 61.0 Å². The Balaban J connectivity index is 1.38. The van der Waals surface area contributed by atoms with Crippen LogP contribution in [-0.2, 0) is 47.9 Å². The number of aromatic nitrogens is 5. The van der Waals surface area contributed by atoms with E-state index in [9.17, 15) is 18.0 Å². The number of anilines is 2. The van der Waals surface area contributed by atoms with Gasteiger partial charge in [-0.15, -0.1) is 0 Å². The molecule has 2 N–H and O–H groups in total. The quantitative estimate of drug-likeness (QED) is 0.110. The minimum Gasteiger partial charge on any atom is -0.467 e. The van der Waals surface area contributed by atoms with Crippen LogP contribution >= 0.6 is 0 Å². The van der Waals surface area contributed by atoms with Crippen LogP contribution in [0.1, 0.15) is 47.4 Å². The van der Waals surface area contributed by atoms with Crippen LogP contribution in [0, 0.1) is 5.82 Å². The second-order valence-corrected chi connectivity index (χ2v) is 12.7. The van der Waals surface area contributed by atoms with E-state index in [2.05, 4.69) is 34.1 Å². The van der Waals surface area contributed by atoms with Gasteiger partial charge in [0.05, 0.1) is 41.0 Å². The number of nitrogens with one attached hydrogen (secondary N) is 2. The highest BCUT2D eigenvalue weighted by Gasteiger charge is 2.34. The molecule has 52 heavy (non-hydrogen) atoms. The highest BCUT2D eigenvalue weighted by atomic mass is 19.4. The van der Waals surface area contributed by atoms with Crippen LogP contribution in [0.3, 0.4) is 0 Å². The van der Waals surface area contributed by atoms with E-state index in [4.69, 9.17) is 9.84 Å². The molecular weight excluding hydrogens is 674 g/mol. The van der Waals surface area contributed by atoms with Crippen LogP contribution in [0.2, 0.25) is 0 Å². The smallest absolute Gasteiger partial charge is 0.419 e. The predicted molar refractivity (Wildman–Crippen MR) is 191 cm³/mol. The summed E-state index contributed by atoms with van der Waals surface area (Å²) in [6, 6.07) is 17.9. The molecule has 4 heterocycles. The molecule has 13 heteroatoms. The fourth-order valence-electron chi connectivity index (χ4n) is 7.01. The van der Waals surface area contributed by atoms with Crippen molar-refractivity contribution in [1.29, 1.82) is 0 Å². The summed E-state index contributed by atoms with van der Waals surface area (Å²) in [5.41, 5.74) is 6.19. The number of esters is 1. The molecule has 3 aromatic carbocycles. The fourth-order valence-corrected chi connectivity index (χ4v) is 7.01. The van der Waals surface area contributed by atoms with Gasteiger partial charge in [-0.1, -0.05) is 62.4 Å². The first-order valence-corrected chi connectivity index (χ1v) is 17.2. The van der Waals surface area contributed by atoms with Crippen LogP contribution in [0.5, 0.6) is 0 Å². The van der Waals surface area contributed by atoms with Crippen LogP contribution in [0.4, 0.5) is 29.2 Å². The number of rotatable bonds is 10. The number of benzene rings is 3. The second kappa shape index (κ2) is 14.1. The van der Waals surface area contributed by atoms with Gasteiger partial charge in [-0.3, -0.25) is 0 Å². The largest absolute Gasteiger partial charge is 0.467 e. The average Bonchev–Trinajstić information content (AvgIpc) is 3.79. The Bertz CT molecular complexity index is 2210. The lowest BCUT2D eigenvalue weighted by molar-refractivity contribution is -0.141. The first-order valence-electron chi connectivity index (χ1n) is 17.2. The zero-order valence-electron chi connectivity index (χ0n) is 28.9. The van der Waals surface area contributed by atoms with Crippen LogP contribution in [0.15, 0.2) is 79.3 Å². The van der Waals surface area contributed by atoms with Crippen LogP contribution in [0.25, 0.3) is 27.8 Å². The molecule has 0 unspecified atom stereocenters. The van der Waals surface area contributed by atoms with E-state index < -0.39 is 29.6 Å². The lowest BCUT2D eigenvalue weighted by Gasteiger charge is -2.27. The van der Waals surface area contributed by atoms with Crippen molar-refractivity contribution in [2.75, 3.05) is 23.9 Å². The van der Waals surface area contributed by atoms with Crippen molar-refractivity contribution in [2.24, 2.45) is 0 Å². The number of hydrogen-bond acceptors (Lipinski definition) is 7. The summed E-state index contributed by atoms with van der Waals surface area (Å²) >= 11 is 0. The zero-order chi connectivity index (χ0) is 36.6. The molecule has 0 spiro atoms. The van der Waals surface area contributed by atoms with Gasteiger partial charge in [0.2, 0.25) is 5.95 Å². The van der Waals surface area contributed by atoms with Crippen molar-refractivity contribution < 1.29 is 27.1 Å². The van der Waals surface area contributed by atoms with E-state index in [0.717, 1.165) is 46.0 Å². The van der Waals surface area contributed by atoms with Gasteiger partial charge in [0.1, 0.15) is 11.9 Å². The lowest BCUT2D eigenvalue weighted by atomic mass is 9.96. The molecular formula is C39H37F4N7O2. The number of hydrogen-bond donors (Lipinski definition) is 2. The summed E-state index contributed by atoms with van der Waals surface area (Å²) in [5, 5.41) is 8.92. The number of ether oxygens (including phenoxy) is 1. The van der Waals surface area contributed by atoms with Gasteiger partial charge >= 0.3 is 12.1 Å². The number of aryl methyl sites for hydroxylation is 2. The van der Waals surface area contributed by atoms with E-state index >= 15 is 4.39 Å². The van der Waals surface area contributed by atoms with E-state index in [1.54, 1.807) is 17.2 Å². The summed E-state index contributed by atoms with van der Waals surface area (Å²) < 4.78 is 63.9. The van der Waals surface area contributed by atoms with Crippen molar-refractivity contribution >= 4 is 28.5 Å². The number of halogens is 4. The molecule has 0 saturated carbocycles. The van der Waals surface area contributed by atoms with Crippen molar-refractivity contribution in [3.63, 3.8) is 0 Å². The second-order valence-electron chi connectivity index (χ2n) is 12.7. The molecule has 0 aliphatic carbocycles. The number of carbonyl (C=O) groups is 1. The Morgan fingerprint density at radius 1 is 1.02 bits per heavy atom. The number of fused-ring (bicyclic) bond motifs is 2. The predicted octanol–water partition coefficient (Wildman–Crippen LogP) is 7.85. The van der Waals surface area contributed by atoms with Crippen molar-refractivity contribution in [3.8, 4) is 16.9 Å². The highest BCUT2D eigenvalue weighted by molar-refractivity contribution is 6.03. The molecule has 6 aromatic rings. The van der Waals surface area contributed by atoms with E-state index in [1.807, 2.05) is 53.2 Å². The van der Waals surface area contributed by atoms with Crippen molar-refractivity contribution in [3.05, 3.63) is 119 Å². The first-order chi connectivity index (χ1) is 25.1. The normalized spacial score (nSPS) is 13.6. The van der Waals surface area contributed by atoms with Gasteiger partial charge < -0.3 is 19.9 Å². The van der Waals surface area contributed by atoms with Gasteiger partial charge in [-0.2, -0.15) is 18.3 Å². The number of methoxy groups -OCH3 is 1. The number of alkyl halides is 3. The van der Waals surface area contributed by atoms with E-state index in [1.165, 1.54) is 13.2 Å². The molecule has 7 rings (SSSR count). The molecule has 0 radical (unpaired) electrons. The summed E-state index contributed by atoms with van der Waals surface area (Å²) in [6.07, 6.45) is 0.880. The molecule has 9 nitrogen and oxygen atoms in total. The Kier molecular flexibility index (Phi) is 9.43. The van der Waals surface area contributed by atoms with Crippen LogP contribution < -0.4 is 10.2 Å². The number of aromatic amines is 1. The van der Waals surface area contributed by atoms with Gasteiger partial charge in [0.15, 0.2) is 0 Å². The highest BCUT2D eigenvalue weighted by Crippen LogP contribution is 2.42. The number of para-hydroxylation sites is 1. The maximum atomic E-state index is 17.0. The monoisotopic (exact) mass is 711 g/mol. The Hall–Kier alpha value is -5.72. The maximum Gasteiger partial charge on any atom is 0.419 e. The standard InChI is InChI=1S/C39H37F4N7O2/c1-4-24-12-9-13-25(5-2)35(24)50-36(28-22-49(17-15-30(28)48-50)38-45-20-26(21-46-38)39(41,42)43)33-27-14-16-44-34(27)31(19-29(33)40)47-32(37(51)52-3)18-23-10-7-6-8-11-23/h6-14,16,19-21,32,44,47H,4-5,15,17-18,22H2,1-3H3/t32-/m0/s1. The third kappa shape index (κ3) is 6.46. The Morgan fingerprint density at radius 3 is 2.38 bits per heavy atom. The van der Waals surface area contributed by atoms with Gasteiger partial charge in [-0.05, 0) is 41.7 Å². The van der Waals surface area contributed by atoms with E-state index in [0.29, 0.717) is 60.1 Å². The first kappa shape index (κ1) is 34.7. The van der Waals surface area contributed by atoms with Crippen molar-refractivity contribution in [1.82, 2.24) is 24.7 Å². The minimum atomic E-state index is -4.57. The fraction of sp³-hybridized carbons (Fsp3) is 0.282. The summed E-state index contributed by atoms with van der Waals surface area (Å²) in [5.74, 6) is -0.898. The third-order valence-electron chi connectivity index (χ3n) is 9.59. The van der Waals surface area contributed by atoms with E-state index in [-0.39, 0.29) is 12.5 Å². The summed E-state index contributed by atoms with van der Waals surface area (Å²) in [4.78, 5) is 26.1. The molecule has 0 amide bonds. The molecule has 3 aromatic heterocycles. The number of H-pyrrole nitrogens is 1. The van der Waals surface area contributed by atoms with Gasteiger partial charge in [0.25, 0.3) is 0 Å². The number of nitrogens with zero attached hydrogens (tertiary/aromatic N) is 5. The molecule has 1 aliphatic rings. The maximum absolute atomic E-state index is 17.0. The minimum absolute atomic E-state index is 0.139. The summed E-state index contributed by atoms with van der Waals surface area (Å²) in [6.45, 7) is 4.72. The summed E-state index contributed by atoms with van der Waals surface area (Å²) in [7, 11) is 1.32. The molecule has 268 valence electrons. The number of carbonyl (C=O) groups excluding carboxylic acids is 1. The average molecular weight is 712 g/mol. The van der Waals surface area contributed by atoms with Crippen molar-refractivity contribution in [2.45, 2.75) is 58.3 Å². The molecule has 0 bridgehead atoms. The lowest BCUT2D eigenvalue weighted by Crippen LogP contribution is -2.33.